The summed E-state index contributed by atoms with van der Waals surface area (Å²) in [5, 5.41) is 0. The molecule has 0 N–H and O–H groups in total. The summed E-state index contributed by atoms with van der Waals surface area (Å²) in [6, 6.07) is 2.13. The second kappa shape index (κ2) is 2.18. The fourth-order valence-electron chi connectivity index (χ4n) is 0.994. The third kappa shape index (κ3) is 1.53. The zero-order valence-electron chi connectivity index (χ0n) is 5.89. The minimum atomic E-state index is 1.25. The lowest BCUT2D eigenvalue weighted by atomic mass is 10.2. The van der Waals surface area contributed by atoms with Crippen LogP contribution in [0.15, 0.2) is 18.5 Å². The van der Waals surface area contributed by atoms with E-state index in [1.165, 1.54) is 11.1 Å². The van der Waals surface area contributed by atoms with Crippen LogP contribution in [0.3, 0.4) is 0 Å². The van der Waals surface area contributed by atoms with E-state index in [9.17, 15) is 0 Å². The van der Waals surface area contributed by atoms with E-state index in [4.69, 9.17) is 0 Å². The molecule has 1 radical (unpaired) electrons. The van der Waals surface area contributed by atoms with Crippen LogP contribution in [0, 0.1) is 20.9 Å². The zero-order chi connectivity index (χ0) is 6.85. The van der Waals surface area contributed by atoms with Gasteiger partial charge in [0.1, 0.15) is 0 Å². The lowest BCUT2D eigenvalue weighted by Gasteiger charge is -1.90. The first-order chi connectivity index (χ1) is 4.18. The summed E-state index contributed by atoms with van der Waals surface area (Å²) in [5.74, 6) is 0. The van der Waals surface area contributed by atoms with Gasteiger partial charge in [-0.25, -0.2) is 0 Å². The third-order valence-corrected chi connectivity index (χ3v) is 1.19. The van der Waals surface area contributed by atoms with E-state index in [1.54, 1.807) is 0 Å². The molecule has 1 rings (SSSR count). The first-order valence-corrected chi connectivity index (χ1v) is 2.99. The van der Waals surface area contributed by atoms with Crippen molar-refractivity contribution in [3.63, 3.8) is 0 Å². The second-order valence-corrected chi connectivity index (χ2v) is 2.40. The van der Waals surface area contributed by atoms with Gasteiger partial charge in [-0.05, 0) is 19.9 Å². The Hall–Kier alpha value is -0.850. The summed E-state index contributed by atoms with van der Waals surface area (Å²) in [5.41, 5.74) is 2.51. The molecule has 9 heavy (non-hydrogen) atoms. The molecule has 0 bridgehead atoms. The Balaban J connectivity index is 3.17. The van der Waals surface area contributed by atoms with Crippen LogP contribution in [0.2, 0.25) is 0 Å². The van der Waals surface area contributed by atoms with Crippen molar-refractivity contribution in [2.24, 2.45) is 0 Å². The Kier molecular flexibility index (Phi) is 1.52. The van der Waals surface area contributed by atoms with Crippen LogP contribution in [-0.4, -0.2) is 0 Å². The number of hydrogen-bond donors (Lipinski definition) is 0. The number of hydrogen-bond acceptors (Lipinski definition) is 0. The minimum absolute atomic E-state index is 1.25. The molecule has 47 valence electrons. The van der Waals surface area contributed by atoms with E-state index >= 15 is 0 Å². The maximum Gasteiger partial charge on any atom is 0.206 e. The molecular weight excluding hydrogens is 110 g/mol. The molecule has 1 heteroatoms. The van der Waals surface area contributed by atoms with Crippen LogP contribution in [0.1, 0.15) is 11.1 Å². The summed E-state index contributed by atoms with van der Waals surface area (Å²) < 4.78 is 1.82. The summed E-state index contributed by atoms with van der Waals surface area (Å²) in [4.78, 5) is 0. The quantitative estimate of drug-likeness (QED) is 0.454. The Morgan fingerprint density at radius 2 is 1.67 bits per heavy atom. The van der Waals surface area contributed by atoms with E-state index in [0.717, 1.165) is 0 Å². The second-order valence-electron chi connectivity index (χ2n) is 2.40. The topological polar surface area (TPSA) is 3.88 Å². The van der Waals surface area contributed by atoms with Gasteiger partial charge in [0.25, 0.3) is 0 Å². The van der Waals surface area contributed by atoms with Crippen molar-refractivity contribution < 1.29 is 4.57 Å². The van der Waals surface area contributed by atoms with Gasteiger partial charge in [-0.15, -0.1) is 0 Å². The van der Waals surface area contributed by atoms with E-state index < -0.39 is 0 Å². The maximum absolute atomic E-state index is 3.76. The van der Waals surface area contributed by atoms with E-state index in [-0.39, 0.29) is 0 Å². The monoisotopic (exact) mass is 121 g/mol. The number of aryl methyl sites for hydroxylation is 2. The van der Waals surface area contributed by atoms with E-state index in [1.807, 2.05) is 17.0 Å². The molecule has 0 aliphatic carbocycles. The standard InChI is InChI=1S/C8H11N/c1-7-4-8(2)6-9(3)5-7/h4-6H,3H2,1-2H3/q+1. The Bertz CT molecular complexity index is 165. The van der Waals surface area contributed by atoms with Crippen LogP contribution >= 0.6 is 0 Å². The average molecular weight is 121 g/mol. The summed E-state index contributed by atoms with van der Waals surface area (Å²) in [6.45, 7) is 4.13. The molecule has 0 spiro atoms. The van der Waals surface area contributed by atoms with Crippen molar-refractivity contribution in [1.29, 1.82) is 0 Å². The van der Waals surface area contributed by atoms with Gasteiger partial charge in [0.2, 0.25) is 7.05 Å². The van der Waals surface area contributed by atoms with E-state index in [0.29, 0.717) is 0 Å². The molecule has 0 aromatic carbocycles. The lowest BCUT2D eigenvalue weighted by molar-refractivity contribution is -0.613. The fraction of sp³-hybridized carbons (Fsp3) is 0.250. The molecule has 0 atom stereocenters. The highest BCUT2D eigenvalue weighted by molar-refractivity contribution is 5.11. The molecule has 1 aromatic heterocycles. The SMILES string of the molecule is [CH2][n+]1cc(C)cc(C)c1. The predicted octanol–water partition coefficient (Wildman–Crippen LogP) is 1.23. The first kappa shape index (κ1) is 6.27. The maximum atomic E-state index is 3.76. The minimum Gasteiger partial charge on any atom is -0.198 e. The molecule has 0 saturated heterocycles. The van der Waals surface area contributed by atoms with Crippen LogP contribution in [0.4, 0.5) is 0 Å². The number of rotatable bonds is 0. The van der Waals surface area contributed by atoms with Gasteiger partial charge < -0.3 is 0 Å². The van der Waals surface area contributed by atoms with E-state index in [2.05, 4.69) is 27.0 Å². The van der Waals surface area contributed by atoms with Crippen molar-refractivity contribution >= 4 is 0 Å². The summed E-state index contributed by atoms with van der Waals surface area (Å²) in [6.07, 6.45) is 3.99. The summed E-state index contributed by atoms with van der Waals surface area (Å²) in [7, 11) is 3.76. The molecule has 0 fully saturated rings. The molecule has 1 aromatic rings. The molecule has 0 aliphatic rings. The van der Waals surface area contributed by atoms with Crippen molar-refractivity contribution in [1.82, 2.24) is 0 Å². The largest absolute Gasteiger partial charge is 0.206 e. The molecule has 1 heterocycles. The first-order valence-electron chi connectivity index (χ1n) is 2.99. The fourth-order valence-corrected chi connectivity index (χ4v) is 0.994. The molecule has 1 nitrogen and oxygen atoms in total. The molecule has 0 amide bonds. The number of aromatic nitrogens is 1. The molecular formula is C8H11N+. The average Bonchev–Trinajstić information content (AvgIpc) is 1.59. The summed E-state index contributed by atoms with van der Waals surface area (Å²) >= 11 is 0. The zero-order valence-corrected chi connectivity index (χ0v) is 5.89. The Labute approximate surface area is 56.0 Å². The van der Waals surface area contributed by atoms with Gasteiger partial charge in [0.05, 0.1) is 0 Å². The number of pyridine rings is 1. The van der Waals surface area contributed by atoms with Gasteiger partial charge in [-0.2, -0.15) is 4.57 Å². The van der Waals surface area contributed by atoms with Crippen molar-refractivity contribution in [3.8, 4) is 0 Å². The smallest absolute Gasteiger partial charge is 0.198 e. The number of nitrogens with zero attached hydrogens (tertiary/aromatic N) is 1. The highest BCUT2D eigenvalue weighted by atomic mass is 14.9. The normalized spacial score (nSPS) is 9.67. The van der Waals surface area contributed by atoms with Crippen LogP contribution in [0.5, 0.6) is 0 Å². The van der Waals surface area contributed by atoms with Gasteiger partial charge in [0.15, 0.2) is 12.4 Å². The third-order valence-electron chi connectivity index (χ3n) is 1.19. The molecule has 0 saturated carbocycles. The van der Waals surface area contributed by atoms with Crippen LogP contribution in [0.25, 0.3) is 0 Å². The van der Waals surface area contributed by atoms with Crippen LogP contribution in [-0.2, 0) is 0 Å². The molecule has 0 aliphatic heterocycles. The predicted molar refractivity (Wildman–Crippen MR) is 36.9 cm³/mol. The van der Waals surface area contributed by atoms with Crippen molar-refractivity contribution in [2.75, 3.05) is 0 Å². The highest BCUT2D eigenvalue weighted by Crippen LogP contribution is 1.95. The van der Waals surface area contributed by atoms with Crippen molar-refractivity contribution in [2.45, 2.75) is 13.8 Å². The Morgan fingerprint density at radius 3 is 2.00 bits per heavy atom. The highest BCUT2D eigenvalue weighted by Gasteiger charge is 1.94. The van der Waals surface area contributed by atoms with Gasteiger partial charge in [0, 0.05) is 11.1 Å². The van der Waals surface area contributed by atoms with Gasteiger partial charge >= 0.3 is 0 Å². The van der Waals surface area contributed by atoms with Gasteiger partial charge in [-0.1, -0.05) is 0 Å². The van der Waals surface area contributed by atoms with Gasteiger partial charge in [-0.3, -0.25) is 0 Å². The van der Waals surface area contributed by atoms with Crippen molar-refractivity contribution in [3.05, 3.63) is 36.6 Å². The molecule has 0 unspecified atom stereocenters. The van der Waals surface area contributed by atoms with Crippen LogP contribution < -0.4 is 4.57 Å². The Morgan fingerprint density at radius 1 is 1.22 bits per heavy atom. The lowest BCUT2D eigenvalue weighted by Crippen LogP contribution is -2.24.